The van der Waals surface area contributed by atoms with Crippen molar-refractivity contribution in [3.63, 3.8) is 0 Å². The summed E-state index contributed by atoms with van der Waals surface area (Å²) in [6.07, 6.45) is 4.51. The number of benzene rings is 2. The van der Waals surface area contributed by atoms with E-state index in [0.29, 0.717) is 42.0 Å². The Kier molecular flexibility index (Phi) is 5.40. The third kappa shape index (κ3) is 3.78. The second-order valence-electron chi connectivity index (χ2n) is 6.95. The molecule has 0 radical (unpaired) electrons. The lowest BCUT2D eigenvalue weighted by Crippen LogP contribution is -2.52. The molecule has 0 saturated carbocycles. The first-order valence-electron chi connectivity index (χ1n) is 9.36. The van der Waals surface area contributed by atoms with E-state index in [2.05, 4.69) is 15.3 Å². The van der Waals surface area contributed by atoms with Gasteiger partial charge in [-0.2, -0.15) is 4.31 Å². The van der Waals surface area contributed by atoms with Crippen LogP contribution < -0.4 is 5.32 Å². The highest BCUT2D eigenvalue weighted by atomic mass is 32.2. The van der Waals surface area contributed by atoms with Gasteiger partial charge in [0.05, 0.1) is 16.8 Å². The summed E-state index contributed by atoms with van der Waals surface area (Å²) in [5.74, 6) is -0.481. The fraction of sp³-hybridized carbons (Fsp3) is 0.238. The molecule has 0 aliphatic carbocycles. The molecule has 1 N–H and O–H groups in total. The number of sulfonamides is 1. The molecule has 1 aromatic heterocycles. The first-order chi connectivity index (χ1) is 14.0. The molecule has 1 aliphatic rings. The monoisotopic (exact) mass is 412 g/mol. The van der Waals surface area contributed by atoms with E-state index < -0.39 is 15.8 Å². The van der Waals surface area contributed by atoms with E-state index >= 15 is 0 Å². The number of aromatic nitrogens is 2. The molecule has 0 spiro atoms. The van der Waals surface area contributed by atoms with Crippen molar-refractivity contribution in [3.05, 3.63) is 66.9 Å². The summed E-state index contributed by atoms with van der Waals surface area (Å²) in [6.45, 7) is 3.48. The van der Waals surface area contributed by atoms with Crippen molar-refractivity contribution in [1.29, 1.82) is 0 Å². The Morgan fingerprint density at radius 1 is 1.14 bits per heavy atom. The Balaban J connectivity index is 1.77. The average Bonchev–Trinajstić information content (AvgIpc) is 2.74. The number of nitrogens with one attached hydrogen (secondary N) is 1. The molecule has 1 atom stereocenters. The summed E-state index contributed by atoms with van der Waals surface area (Å²) in [5, 5.41) is 3.20. The summed E-state index contributed by atoms with van der Waals surface area (Å²) in [4.78, 5) is 8.28. The Bertz CT molecular complexity index is 1120. The van der Waals surface area contributed by atoms with Crippen LogP contribution in [-0.2, 0) is 10.0 Å². The molecule has 1 aliphatic heterocycles. The molecular weight excluding hydrogens is 391 g/mol. The third-order valence-electron chi connectivity index (χ3n) is 5.03. The van der Waals surface area contributed by atoms with Crippen molar-refractivity contribution in [3.8, 4) is 22.4 Å². The van der Waals surface area contributed by atoms with E-state index in [4.69, 9.17) is 0 Å². The Morgan fingerprint density at radius 3 is 2.69 bits per heavy atom. The number of hydrogen-bond acceptors (Lipinski definition) is 5. The summed E-state index contributed by atoms with van der Waals surface area (Å²) in [5.41, 5.74) is 1.71. The first-order valence-corrected chi connectivity index (χ1v) is 10.8. The Labute approximate surface area is 169 Å². The zero-order chi connectivity index (χ0) is 20.4. The predicted octanol–water partition coefficient (Wildman–Crippen LogP) is 2.93. The van der Waals surface area contributed by atoms with Gasteiger partial charge in [-0.1, -0.05) is 24.3 Å². The van der Waals surface area contributed by atoms with Gasteiger partial charge in [-0.05, 0) is 30.7 Å². The van der Waals surface area contributed by atoms with E-state index in [1.54, 1.807) is 36.4 Å². The minimum atomic E-state index is -3.72. The van der Waals surface area contributed by atoms with Crippen molar-refractivity contribution in [1.82, 2.24) is 19.6 Å². The maximum Gasteiger partial charge on any atom is 0.244 e. The molecule has 29 heavy (non-hydrogen) atoms. The van der Waals surface area contributed by atoms with Crippen LogP contribution >= 0.6 is 0 Å². The van der Waals surface area contributed by atoms with E-state index in [1.165, 1.54) is 29.0 Å². The van der Waals surface area contributed by atoms with Crippen molar-refractivity contribution < 1.29 is 12.8 Å². The summed E-state index contributed by atoms with van der Waals surface area (Å²) in [7, 11) is -3.72. The second-order valence-corrected chi connectivity index (χ2v) is 8.81. The molecule has 150 valence electrons. The van der Waals surface area contributed by atoms with Gasteiger partial charge in [0, 0.05) is 49.2 Å². The maximum atomic E-state index is 14.8. The van der Waals surface area contributed by atoms with Gasteiger partial charge in [-0.15, -0.1) is 0 Å². The number of nitrogens with zero attached hydrogens (tertiary/aromatic N) is 3. The molecule has 4 rings (SSSR count). The van der Waals surface area contributed by atoms with Gasteiger partial charge in [-0.25, -0.2) is 12.8 Å². The van der Waals surface area contributed by atoms with Crippen molar-refractivity contribution in [2.45, 2.75) is 17.9 Å². The van der Waals surface area contributed by atoms with Crippen LogP contribution in [0.2, 0.25) is 0 Å². The fourth-order valence-electron chi connectivity index (χ4n) is 3.56. The highest BCUT2D eigenvalue weighted by molar-refractivity contribution is 7.89. The summed E-state index contributed by atoms with van der Waals surface area (Å²) < 4.78 is 43.0. The molecule has 3 aromatic rings. The Morgan fingerprint density at radius 2 is 1.97 bits per heavy atom. The van der Waals surface area contributed by atoms with Crippen LogP contribution in [0.15, 0.2) is 66.0 Å². The fourth-order valence-corrected chi connectivity index (χ4v) is 5.41. The van der Waals surface area contributed by atoms with Crippen molar-refractivity contribution >= 4 is 10.0 Å². The standard InChI is InChI=1S/C21H21FN4O2S/c1-15-13-24-10-11-26(15)29(27,28)21-5-3-2-4-17(21)16-6-7-18(19(22)12-16)20-14-23-8-9-25-20/h2-9,12,14-15,24H,10-11,13H2,1H3/t15-/m1/s1. The normalized spacial score (nSPS) is 17.9. The smallest absolute Gasteiger partial charge is 0.244 e. The average molecular weight is 412 g/mol. The van der Waals surface area contributed by atoms with Gasteiger partial charge in [0.15, 0.2) is 0 Å². The van der Waals surface area contributed by atoms with Crippen LogP contribution in [0, 0.1) is 5.82 Å². The zero-order valence-corrected chi connectivity index (χ0v) is 16.7. The number of halogens is 1. The first kappa shape index (κ1) is 19.6. The quantitative estimate of drug-likeness (QED) is 0.713. The zero-order valence-electron chi connectivity index (χ0n) is 15.9. The van der Waals surface area contributed by atoms with Crippen LogP contribution in [0.3, 0.4) is 0 Å². The largest absolute Gasteiger partial charge is 0.314 e. The molecule has 1 saturated heterocycles. The van der Waals surface area contributed by atoms with Gasteiger partial charge >= 0.3 is 0 Å². The van der Waals surface area contributed by atoms with Gasteiger partial charge in [-0.3, -0.25) is 9.97 Å². The van der Waals surface area contributed by atoms with E-state index in [-0.39, 0.29) is 10.9 Å². The molecule has 8 heteroatoms. The van der Waals surface area contributed by atoms with E-state index in [9.17, 15) is 12.8 Å². The number of rotatable bonds is 4. The molecule has 0 unspecified atom stereocenters. The Hall–Kier alpha value is -2.68. The molecule has 0 bridgehead atoms. The van der Waals surface area contributed by atoms with Crippen LogP contribution in [-0.4, -0.2) is 48.4 Å². The van der Waals surface area contributed by atoms with Crippen LogP contribution in [0.5, 0.6) is 0 Å². The molecular formula is C21H21FN4O2S. The molecule has 2 heterocycles. The van der Waals surface area contributed by atoms with E-state index in [1.807, 2.05) is 6.92 Å². The lowest BCUT2D eigenvalue weighted by Gasteiger charge is -2.33. The lowest BCUT2D eigenvalue weighted by molar-refractivity contribution is 0.284. The summed E-state index contributed by atoms with van der Waals surface area (Å²) >= 11 is 0. The van der Waals surface area contributed by atoms with Crippen LogP contribution in [0.25, 0.3) is 22.4 Å². The molecule has 2 aromatic carbocycles. The molecule has 1 fully saturated rings. The lowest BCUT2D eigenvalue weighted by atomic mass is 10.0. The van der Waals surface area contributed by atoms with Gasteiger partial charge in [0.1, 0.15) is 5.82 Å². The molecule has 0 amide bonds. The highest BCUT2D eigenvalue weighted by Gasteiger charge is 2.32. The van der Waals surface area contributed by atoms with Crippen LogP contribution in [0.4, 0.5) is 4.39 Å². The van der Waals surface area contributed by atoms with Crippen molar-refractivity contribution in [2.75, 3.05) is 19.6 Å². The minimum Gasteiger partial charge on any atom is -0.314 e. The third-order valence-corrected chi connectivity index (χ3v) is 7.10. The van der Waals surface area contributed by atoms with Gasteiger partial charge in [0.25, 0.3) is 0 Å². The number of piperazine rings is 1. The van der Waals surface area contributed by atoms with E-state index in [0.717, 1.165) is 0 Å². The van der Waals surface area contributed by atoms with Gasteiger partial charge in [0.2, 0.25) is 10.0 Å². The van der Waals surface area contributed by atoms with Crippen LogP contribution in [0.1, 0.15) is 6.92 Å². The predicted molar refractivity (Wildman–Crippen MR) is 109 cm³/mol. The minimum absolute atomic E-state index is 0.155. The topological polar surface area (TPSA) is 75.2 Å². The number of hydrogen-bond donors (Lipinski definition) is 1. The summed E-state index contributed by atoms with van der Waals surface area (Å²) in [6, 6.07) is 11.2. The SMILES string of the molecule is C[C@@H]1CNCCN1S(=O)(=O)c1ccccc1-c1ccc(-c2cnccn2)c(F)c1. The maximum absolute atomic E-state index is 14.8. The van der Waals surface area contributed by atoms with Gasteiger partial charge < -0.3 is 5.32 Å². The molecule has 6 nitrogen and oxygen atoms in total. The van der Waals surface area contributed by atoms with Crippen molar-refractivity contribution in [2.24, 2.45) is 0 Å². The highest BCUT2D eigenvalue weighted by Crippen LogP contribution is 2.33. The second kappa shape index (κ2) is 7.98.